The summed E-state index contributed by atoms with van der Waals surface area (Å²) in [6.45, 7) is 2.11. The zero-order valence-electron chi connectivity index (χ0n) is 15.2. The molecule has 0 aliphatic heterocycles. The van der Waals surface area contributed by atoms with Gasteiger partial charge in [-0.1, -0.05) is 6.07 Å². The smallest absolute Gasteiger partial charge is 0.341 e. The van der Waals surface area contributed by atoms with Gasteiger partial charge in [0.1, 0.15) is 10.6 Å². The highest BCUT2D eigenvalue weighted by Gasteiger charge is 2.27. The number of esters is 1. The number of carbonyl (C=O) groups is 2. The number of aryl methyl sites for hydroxylation is 1. The van der Waals surface area contributed by atoms with E-state index in [1.165, 1.54) is 16.2 Å². The molecule has 0 fully saturated rings. The second kappa shape index (κ2) is 7.52. The first-order chi connectivity index (χ1) is 13.2. The Morgan fingerprint density at radius 3 is 2.96 bits per heavy atom. The number of hydrogen-bond donors (Lipinski definition) is 1. The van der Waals surface area contributed by atoms with E-state index in [-0.39, 0.29) is 18.3 Å². The molecule has 0 bridgehead atoms. The predicted molar refractivity (Wildman–Crippen MR) is 104 cm³/mol. The Morgan fingerprint density at radius 2 is 2.15 bits per heavy atom. The lowest BCUT2D eigenvalue weighted by atomic mass is 9.95. The van der Waals surface area contributed by atoms with E-state index in [2.05, 4.69) is 10.3 Å². The Kier molecular flexibility index (Phi) is 4.94. The molecule has 1 N–H and O–H groups in total. The summed E-state index contributed by atoms with van der Waals surface area (Å²) in [4.78, 5) is 30.7. The van der Waals surface area contributed by atoms with Crippen LogP contribution in [0.15, 0.2) is 30.6 Å². The molecular formula is C20H21N3O3S. The molecule has 140 valence electrons. The van der Waals surface area contributed by atoms with Crippen LogP contribution in [0.2, 0.25) is 0 Å². The molecule has 7 heteroatoms. The van der Waals surface area contributed by atoms with Crippen molar-refractivity contribution < 1.29 is 14.3 Å². The Morgan fingerprint density at radius 1 is 1.30 bits per heavy atom. The van der Waals surface area contributed by atoms with E-state index in [0.717, 1.165) is 36.9 Å². The maximum absolute atomic E-state index is 12.6. The summed E-state index contributed by atoms with van der Waals surface area (Å²) in [6, 6.07) is 5.72. The van der Waals surface area contributed by atoms with Crippen LogP contribution in [0.4, 0.5) is 5.00 Å². The molecule has 0 saturated carbocycles. The summed E-state index contributed by atoms with van der Waals surface area (Å²) in [7, 11) is 0. The molecule has 0 atom stereocenters. The zero-order valence-corrected chi connectivity index (χ0v) is 16.0. The van der Waals surface area contributed by atoms with Crippen molar-refractivity contribution in [2.75, 3.05) is 11.9 Å². The van der Waals surface area contributed by atoms with Crippen LogP contribution in [-0.4, -0.2) is 27.9 Å². The van der Waals surface area contributed by atoms with Crippen molar-refractivity contribution in [1.29, 1.82) is 0 Å². The molecule has 1 aliphatic carbocycles. The quantitative estimate of drug-likeness (QED) is 0.683. The first kappa shape index (κ1) is 17.7. The molecule has 3 heterocycles. The molecule has 0 saturated heterocycles. The molecule has 1 amide bonds. The highest BCUT2D eigenvalue weighted by Crippen LogP contribution is 2.38. The standard InChI is InChI=1S/C20H21N3O3S/c1-2-26-20(25)18-14-7-3-4-8-15(14)27-19(18)22-17(24)11-13-12-23-10-6-5-9-16(23)21-13/h5-6,9-10,12H,2-4,7-8,11H2,1H3,(H,22,24). The maximum atomic E-state index is 12.6. The summed E-state index contributed by atoms with van der Waals surface area (Å²) in [6.07, 6.45) is 7.90. The van der Waals surface area contributed by atoms with Crippen LogP contribution in [0.3, 0.4) is 0 Å². The van der Waals surface area contributed by atoms with Crippen molar-refractivity contribution in [2.45, 2.75) is 39.0 Å². The third-order valence-electron chi connectivity index (χ3n) is 4.66. The average Bonchev–Trinajstić information content (AvgIpc) is 3.21. The second-order valence-corrected chi connectivity index (χ2v) is 7.66. The molecule has 3 aromatic rings. The van der Waals surface area contributed by atoms with Crippen LogP contribution < -0.4 is 5.32 Å². The highest BCUT2D eigenvalue weighted by molar-refractivity contribution is 7.17. The van der Waals surface area contributed by atoms with Gasteiger partial charge in [-0.2, -0.15) is 0 Å². The summed E-state index contributed by atoms with van der Waals surface area (Å²) in [5, 5.41) is 3.54. The lowest BCUT2D eigenvalue weighted by molar-refractivity contribution is -0.115. The maximum Gasteiger partial charge on any atom is 0.341 e. The normalized spacial score (nSPS) is 13.4. The minimum absolute atomic E-state index is 0.159. The average molecular weight is 383 g/mol. The van der Waals surface area contributed by atoms with Gasteiger partial charge in [0.15, 0.2) is 0 Å². The van der Waals surface area contributed by atoms with Gasteiger partial charge >= 0.3 is 5.97 Å². The number of fused-ring (bicyclic) bond motifs is 2. The summed E-state index contributed by atoms with van der Waals surface area (Å²) in [5.74, 6) is -0.525. The number of thiophene rings is 1. The third kappa shape index (κ3) is 3.60. The third-order valence-corrected chi connectivity index (χ3v) is 5.87. The molecule has 0 aromatic carbocycles. The van der Waals surface area contributed by atoms with Gasteiger partial charge in [0, 0.05) is 17.3 Å². The SMILES string of the molecule is CCOC(=O)c1c(NC(=O)Cc2cn3ccccc3n2)sc2c1CCCC2. The van der Waals surface area contributed by atoms with Crippen molar-refractivity contribution in [3.63, 3.8) is 0 Å². The van der Waals surface area contributed by atoms with Gasteiger partial charge in [-0.05, 0) is 50.3 Å². The molecule has 0 radical (unpaired) electrons. The van der Waals surface area contributed by atoms with E-state index in [1.807, 2.05) is 35.0 Å². The van der Waals surface area contributed by atoms with Crippen LogP contribution in [0.1, 0.15) is 46.3 Å². The van der Waals surface area contributed by atoms with Crippen LogP contribution >= 0.6 is 11.3 Å². The van der Waals surface area contributed by atoms with Crippen LogP contribution in [0.5, 0.6) is 0 Å². The van der Waals surface area contributed by atoms with Gasteiger partial charge in [0.25, 0.3) is 0 Å². The molecule has 6 nitrogen and oxygen atoms in total. The number of hydrogen-bond acceptors (Lipinski definition) is 5. The number of ether oxygens (including phenoxy) is 1. The fourth-order valence-corrected chi connectivity index (χ4v) is 4.77. The van der Waals surface area contributed by atoms with Gasteiger partial charge in [0.2, 0.25) is 5.91 Å². The Labute approximate surface area is 161 Å². The lowest BCUT2D eigenvalue weighted by Gasteiger charge is -2.12. The summed E-state index contributed by atoms with van der Waals surface area (Å²) >= 11 is 1.50. The van der Waals surface area contributed by atoms with E-state index in [9.17, 15) is 9.59 Å². The minimum Gasteiger partial charge on any atom is -0.462 e. The number of rotatable bonds is 5. The number of carbonyl (C=O) groups excluding carboxylic acids is 2. The number of amides is 1. The van der Waals surface area contributed by atoms with Crippen LogP contribution in [0, 0.1) is 0 Å². The zero-order chi connectivity index (χ0) is 18.8. The molecule has 1 aliphatic rings. The van der Waals surface area contributed by atoms with Crippen molar-refractivity contribution in [3.05, 3.63) is 52.3 Å². The number of nitrogens with one attached hydrogen (secondary N) is 1. The van der Waals surface area contributed by atoms with E-state index < -0.39 is 0 Å². The van der Waals surface area contributed by atoms with E-state index >= 15 is 0 Å². The van der Waals surface area contributed by atoms with Gasteiger partial charge < -0.3 is 14.5 Å². The largest absolute Gasteiger partial charge is 0.462 e. The lowest BCUT2D eigenvalue weighted by Crippen LogP contribution is -2.17. The number of imidazole rings is 1. The molecular weight excluding hydrogens is 362 g/mol. The molecule has 0 unspecified atom stereocenters. The Bertz CT molecular complexity index is 972. The van der Waals surface area contributed by atoms with Crippen LogP contribution in [0.25, 0.3) is 5.65 Å². The number of nitrogens with zero attached hydrogens (tertiary/aromatic N) is 2. The Hall–Kier alpha value is -2.67. The fraction of sp³-hybridized carbons (Fsp3) is 0.350. The number of pyridine rings is 1. The van der Waals surface area contributed by atoms with Crippen LogP contribution in [-0.2, 0) is 28.8 Å². The molecule has 0 spiro atoms. The molecule has 4 rings (SSSR count). The number of anilines is 1. The number of aromatic nitrogens is 2. The molecule has 3 aromatic heterocycles. The first-order valence-electron chi connectivity index (χ1n) is 9.20. The Balaban J connectivity index is 1.56. The topological polar surface area (TPSA) is 72.7 Å². The monoisotopic (exact) mass is 383 g/mol. The first-order valence-corrected chi connectivity index (χ1v) is 10.0. The minimum atomic E-state index is -0.347. The van der Waals surface area contributed by atoms with Crippen molar-refractivity contribution in [2.24, 2.45) is 0 Å². The van der Waals surface area contributed by atoms with Crippen molar-refractivity contribution >= 4 is 33.9 Å². The summed E-state index contributed by atoms with van der Waals surface area (Å²) in [5.41, 5.74) is 3.09. The van der Waals surface area contributed by atoms with Crippen molar-refractivity contribution in [1.82, 2.24) is 9.38 Å². The van der Waals surface area contributed by atoms with Gasteiger partial charge in [-0.25, -0.2) is 9.78 Å². The van der Waals surface area contributed by atoms with Gasteiger partial charge in [-0.3, -0.25) is 4.79 Å². The van der Waals surface area contributed by atoms with Gasteiger partial charge in [-0.15, -0.1) is 11.3 Å². The van der Waals surface area contributed by atoms with E-state index in [1.54, 1.807) is 6.92 Å². The predicted octanol–water partition coefficient (Wildman–Crippen LogP) is 3.63. The fourth-order valence-electron chi connectivity index (χ4n) is 3.48. The van der Waals surface area contributed by atoms with E-state index in [4.69, 9.17) is 4.74 Å². The van der Waals surface area contributed by atoms with Crippen molar-refractivity contribution in [3.8, 4) is 0 Å². The summed E-state index contributed by atoms with van der Waals surface area (Å²) < 4.78 is 7.12. The van der Waals surface area contributed by atoms with Gasteiger partial charge in [0.05, 0.1) is 24.3 Å². The second-order valence-electron chi connectivity index (χ2n) is 6.56. The highest BCUT2D eigenvalue weighted by atomic mass is 32.1. The molecule has 27 heavy (non-hydrogen) atoms. The van der Waals surface area contributed by atoms with E-state index in [0.29, 0.717) is 22.9 Å².